The predicted molar refractivity (Wildman–Crippen MR) is 83.0 cm³/mol. The van der Waals surface area contributed by atoms with E-state index >= 15 is 0 Å². The normalized spacial score (nSPS) is 11.0. The van der Waals surface area contributed by atoms with Crippen LogP contribution < -0.4 is 0 Å². The Bertz CT molecular complexity index is 697. The Morgan fingerprint density at radius 1 is 0.955 bits per heavy atom. The Balaban J connectivity index is 2.18. The van der Waals surface area contributed by atoms with Crippen molar-refractivity contribution in [3.8, 4) is 5.75 Å². The van der Waals surface area contributed by atoms with E-state index < -0.39 is 11.9 Å². The van der Waals surface area contributed by atoms with Crippen LogP contribution in [0.4, 0.5) is 0 Å². The SMILES string of the molecule is CC(C)(C)c1ccc(C(=O)OC(=O)c2ccccc2)c(O)c1. The highest BCUT2D eigenvalue weighted by molar-refractivity contribution is 6.03. The molecule has 0 unspecified atom stereocenters. The van der Waals surface area contributed by atoms with Gasteiger partial charge in [0, 0.05) is 0 Å². The van der Waals surface area contributed by atoms with Crippen molar-refractivity contribution in [1.29, 1.82) is 0 Å². The summed E-state index contributed by atoms with van der Waals surface area (Å²) in [5.41, 5.74) is 0.981. The van der Waals surface area contributed by atoms with Crippen molar-refractivity contribution in [3.63, 3.8) is 0 Å². The third-order valence-electron chi connectivity index (χ3n) is 3.28. The van der Waals surface area contributed by atoms with Gasteiger partial charge >= 0.3 is 11.9 Å². The maximum atomic E-state index is 12.0. The third-order valence-corrected chi connectivity index (χ3v) is 3.28. The molecule has 0 saturated heterocycles. The van der Waals surface area contributed by atoms with Gasteiger partial charge in [-0.15, -0.1) is 0 Å². The summed E-state index contributed by atoms with van der Waals surface area (Å²) in [6, 6.07) is 12.9. The number of aromatic hydroxyl groups is 1. The Morgan fingerprint density at radius 3 is 2.14 bits per heavy atom. The van der Waals surface area contributed by atoms with E-state index in [4.69, 9.17) is 4.74 Å². The van der Waals surface area contributed by atoms with Crippen LogP contribution in [-0.4, -0.2) is 17.0 Å². The number of phenols is 1. The molecule has 0 aliphatic rings. The van der Waals surface area contributed by atoms with Gasteiger partial charge in [0.05, 0.1) is 5.56 Å². The quantitative estimate of drug-likeness (QED) is 0.678. The van der Waals surface area contributed by atoms with Crippen LogP contribution in [0.15, 0.2) is 48.5 Å². The number of rotatable bonds is 2. The number of carbonyl (C=O) groups is 2. The van der Waals surface area contributed by atoms with Crippen LogP contribution in [0, 0.1) is 0 Å². The van der Waals surface area contributed by atoms with E-state index in [2.05, 4.69) is 0 Å². The molecule has 0 aromatic heterocycles. The van der Waals surface area contributed by atoms with Crippen LogP contribution in [0.2, 0.25) is 0 Å². The molecule has 1 N–H and O–H groups in total. The lowest BCUT2D eigenvalue weighted by atomic mass is 9.86. The Labute approximate surface area is 129 Å². The van der Waals surface area contributed by atoms with Crippen LogP contribution in [0.5, 0.6) is 5.75 Å². The highest BCUT2D eigenvalue weighted by Crippen LogP contribution is 2.28. The molecule has 0 fully saturated rings. The molecular formula is C18H18O4. The van der Waals surface area contributed by atoms with Gasteiger partial charge in [-0.1, -0.05) is 45.0 Å². The Morgan fingerprint density at radius 2 is 1.59 bits per heavy atom. The summed E-state index contributed by atoms with van der Waals surface area (Å²) < 4.78 is 4.79. The highest BCUT2D eigenvalue weighted by Gasteiger charge is 2.21. The number of ether oxygens (including phenoxy) is 1. The summed E-state index contributed by atoms with van der Waals surface area (Å²) in [6.07, 6.45) is 0. The Hall–Kier alpha value is -2.62. The lowest BCUT2D eigenvalue weighted by molar-refractivity contribution is 0.0396. The fourth-order valence-electron chi connectivity index (χ4n) is 1.94. The molecule has 0 radical (unpaired) electrons. The average Bonchev–Trinajstić information content (AvgIpc) is 2.46. The minimum Gasteiger partial charge on any atom is -0.507 e. The summed E-state index contributed by atoms with van der Waals surface area (Å²) in [5.74, 6) is -1.81. The fraction of sp³-hybridized carbons (Fsp3) is 0.222. The van der Waals surface area contributed by atoms with Crippen LogP contribution in [0.1, 0.15) is 47.1 Å². The molecule has 2 aromatic carbocycles. The minimum absolute atomic E-state index is 0.0303. The molecule has 0 amide bonds. The number of hydrogen-bond donors (Lipinski definition) is 1. The largest absolute Gasteiger partial charge is 0.507 e. The summed E-state index contributed by atoms with van der Waals surface area (Å²) in [7, 11) is 0. The Kier molecular flexibility index (Phi) is 4.31. The van der Waals surface area contributed by atoms with Gasteiger partial charge in [0.15, 0.2) is 0 Å². The van der Waals surface area contributed by atoms with Crippen LogP contribution >= 0.6 is 0 Å². The second-order valence-corrected chi connectivity index (χ2v) is 6.02. The second kappa shape index (κ2) is 6.02. The van der Waals surface area contributed by atoms with E-state index in [1.807, 2.05) is 20.8 Å². The van der Waals surface area contributed by atoms with Crippen molar-refractivity contribution in [1.82, 2.24) is 0 Å². The standard InChI is InChI=1S/C18H18O4/c1-18(2,3)13-9-10-14(15(19)11-13)17(21)22-16(20)12-7-5-4-6-8-12/h4-11,19H,1-3H3. The summed E-state index contributed by atoms with van der Waals surface area (Å²) in [4.78, 5) is 23.8. The molecule has 2 rings (SSSR count). The van der Waals surface area contributed by atoms with Gasteiger partial charge in [0.2, 0.25) is 0 Å². The minimum atomic E-state index is -0.869. The zero-order valence-corrected chi connectivity index (χ0v) is 12.8. The summed E-state index contributed by atoms with van der Waals surface area (Å²) in [6.45, 7) is 6.00. The molecule has 4 nitrogen and oxygen atoms in total. The van der Waals surface area contributed by atoms with E-state index in [0.29, 0.717) is 0 Å². The molecule has 0 atom stereocenters. The topological polar surface area (TPSA) is 63.6 Å². The first kappa shape index (κ1) is 15.8. The van der Waals surface area contributed by atoms with Gasteiger partial charge in [0.25, 0.3) is 0 Å². The van der Waals surface area contributed by atoms with E-state index in [-0.39, 0.29) is 22.3 Å². The molecule has 0 saturated carbocycles. The van der Waals surface area contributed by atoms with Crippen molar-refractivity contribution in [3.05, 3.63) is 65.2 Å². The second-order valence-electron chi connectivity index (χ2n) is 6.02. The van der Waals surface area contributed by atoms with Gasteiger partial charge in [-0.3, -0.25) is 0 Å². The molecule has 0 aliphatic heterocycles. The summed E-state index contributed by atoms with van der Waals surface area (Å²) >= 11 is 0. The average molecular weight is 298 g/mol. The van der Waals surface area contributed by atoms with Gasteiger partial charge in [-0.2, -0.15) is 0 Å². The third kappa shape index (κ3) is 3.52. The fourth-order valence-corrected chi connectivity index (χ4v) is 1.94. The highest BCUT2D eigenvalue weighted by atomic mass is 16.6. The maximum Gasteiger partial charge on any atom is 0.349 e. The monoisotopic (exact) mass is 298 g/mol. The molecule has 0 bridgehead atoms. The molecule has 114 valence electrons. The molecule has 2 aromatic rings. The van der Waals surface area contributed by atoms with Crippen LogP contribution in [0.25, 0.3) is 0 Å². The zero-order chi connectivity index (χ0) is 16.3. The van der Waals surface area contributed by atoms with Crippen molar-refractivity contribution >= 4 is 11.9 Å². The van der Waals surface area contributed by atoms with Gasteiger partial charge in [-0.25, -0.2) is 9.59 Å². The van der Waals surface area contributed by atoms with Gasteiger partial charge in [-0.05, 0) is 35.2 Å². The number of phenolic OH excluding ortho intramolecular Hbond substituents is 1. The molecule has 0 heterocycles. The van der Waals surface area contributed by atoms with Gasteiger partial charge < -0.3 is 9.84 Å². The molecule has 0 aliphatic carbocycles. The van der Waals surface area contributed by atoms with E-state index in [1.54, 1.807) is 36.4 Å². The maximum absolute atomic E-state index is 12.0. The first-order valence-corrected chi connectivity index (χ1v) is 6.94. The first-order chi connectivity index (χ1) is 10.3. The van der Waals surface area contributed by atoms with Crippen molar-refractivity contribution in [2.24, 2.45) is 0 Å². The van der Waals surface area contributed by atoms with Crippen LogP contribution in [-0.2, 0) is 10.2 Å². The molecule has 4 heteroatoms. The number of benzene rings is 2. The summed E-state index contributed by atoms with van der Waals surface area (Å²) in [5, 5.41) is 10.00. The first-order valence-electron chi connectivity index (χ1n) is 6.94. The molecular weight excluding hydrogens is 280 g/mol. The lowest BCUT2D eigenvalue weighted by Crippen LogP contribution is -2.14. The zero-order valence-electron chi connectivity index (χ0n) is 12.8. The predicted octanol–water partition coefficient (Wildman–Crippen LogP) is 3.69. The van der Waals surface area contributed by atoms with E-state index in [9.17, 15) is 14.7 Å². The van der Waals surface area contributed by atoms with Crippen molar-refractivity contribution in [2.45, 2.75) is 26.2 Å². The van der Waals surface area contributed by atoms with E-state index in [1.165, 1.54) is 12.1 Å². The lowest BCUT2D eigenvalue weighted by Gasteiger charge is -2.19. The van der Waals surface area contributed by atoms with Crippen LogP contribution in [0.3, 0.4) is 0 Å². The molecule has 22 heavy (non-hydrogen) atoms. The number of esters is 2. The number of carbonyl (C=O) groups excluding carboxylic acids is 2. The smallest absolute Gasteiger partial charge is 0.349 e. The van der Waals surface area contributed by atoms with Crippen molar-refractivity contribution < 1.29 is 19.4 Å². The number of hydrogen-bond acceptors (Lipinski definition) is 4. The van der Waals surface area contributed by atoms with E-state index in [0.717, 1.165) is 5.56 Å². The molecule has 0 spiro atoms. The van der Waals surface area contributed by atoms with Gasteiger partial charge in [0.1, 0.15) is 11.3 Å². The van der Waals surface area contributed by atoms with Crippen molar-refractivity contribution in [2.75, 3.05) is 0 Å².